The average Bonchev–Trinajstić information content (AvgIpc) is 2.58. The SMILES string of the molecule is Cn1cnc(Oc2c(N)cncc2Br)n1. The Bertz CT molecular complexity index is 463. The minimum Gasteiger partial charge on any atom is -0.420 e. The van der Waals surface area contributed by atoms with Gasteiger partial charge in [-0.2, -0.15) is 4.98 Å². The molecule has 0 unspecified atom stereocenters. The number of halogens is 1. The van der Waals surface area contributed by atoms with Crippen molar-refractivity contribution in [3.8, 4) is 11.8 Å². The Morgan fingerprint density at radius 2 is 2.27 bits per heavy atom. The number of rotatable bonds is 2. The third-order valence-electron chi connectivity index (χ3n) is 1.65. The van der Waals surface area contributed by atoms with E-state index in [-0.39, 0.29) is 6.01 Å². The molecule has 7 heteroatoms. The van der Waals surface area contributed by atoms with Gasteiger partial charge in [0.25, 0.3) is 0 Å². The summed E-state index contributed by atoms with van der Waals surface area (Å²) in [5, 5.41) is 3.97. The van der Waals surface area contributed by atoms with Crippen LogP contribution in [0.15, 0.2) is 23.2 Å². The summed E-state index contributed by atoms with van der Waals surface area (Å²) in [6.07, 6.45) is 4.64. The van der Waals surface area contributed by atoms with Gasteiger partial charge >= 0.3 is 6.01 Å². The summed E-state index contributed by atoms with van der Waals surface area (Å²) in [7, 11) is 1.75. The second-order valence-electron chi connectivity index (χ2n) is 2.84. The first-order valence-corrected chi connectivity index (χ1v) is 4.88. The lowest BCUT2D eigenvalue weighted by atomic mass is 10.4. The molecule has 0 atom stereocenters. The molecule has 2 aromatic heterocycles. The molecular formula is C8H8BrN5O. The summed E-state index contributed by atoms with van der Waals surface area (Å²) >= 11 is 3.28. The van der Waals surface area contributed by atoms with Crippen molar-refractivity contribution in [1.82, 2.24) is 19.7 Å². The molecule has 0 fully saturated rings. The number of anilines is 1. The van der Waals surface area contributed by atoms with Gasteiger partial charge in [0.05, 0.1) is 16.4 Å². The van der Waals surface area contributed by atoms with E-state index < -0.39 is 0 Å². The molecule has 0 bridgehead atoms. The number of hydrogen-bond donors (Lipinski definition) is 1. The second kappa shape index (κ2) is 3.85. The van der Waals surface area contributed by atoms with Crippen molar-refractivity contribution >= 4 is 21.6 Å². The van der Waals surface area contributed by atoms with Gasteiger partial charge in [0.1, 0.15) is 6.33 Å². The van der Waals surface area contributed by atoms with Crippen molar-refractivity contribution in [3.05, 3.63) is 23.2 Å². The molecule has 0 amide bonds. The van der Waals surface area contributed by atoms with Crippen LogP contribution < -0.4 is 10.5 Å². The monoisotopic (exact) mass is 269 g/mol. The highest BCUT2D eigenvalue weighted by molar-refractivity contribution is 9.10. The zero-order valence-electron chi connectivity index (χ0n) is 7.88. The van der Waals surface area contributed by atoms with Gasteiger partial charge < -0.3 is 10.5 Å². The number of aromatic nitrogens is 4. The summed E-state index contributed by atoms with van der Waals surface area (Å²) < 4.78 is 7.61. The molecule has 2 N–H and O–H groups in total. The summed E-state index contributed by atoms with van der Waals surface area (Å²) in [5.74, 6) is 0.469. The molecule has 6 nitrogen and oxygen atoms in total. The minimum absolute atomic E-state index is 0.246. The average molecular weight is 270 g/mol. The van der Waals surface area contributed by atoms with Gasteiger partial charge in [-0.3, -0.25) is 9.67 Å². The maximum Gasteiger partial charge on any atom is 0.341 e. The molecule has 0 aliphatic carbocycles. The number of hydrogen-bond acceptors (Lipinski definition) is 5. The number of nitrogen functional groups attached to an aromatic ring is 1. The Kier molecular flexibility index (Phi) is 2.55. The lowest BCUT2D eigenvalue weighted by Gasteiger charge is -2.05. The van der Waals surface area contributed by atoms with Crippen LogP contribution in [0.5, 0.6) is 11.8 Å². The third kappa shape index (κ3) is 2.07. The van der Waals surface area contributed by atoms with Gasteiger partial charge in [-0.15, -0.1) is 5.10 Å². The fourth-order valence-electron chi connectivity index (χ4n) is 1.00. The smallest absolute Gasteiger partial charge is 0.341 e. The normalized spacial score (nSPS) is 10.3. The Balaban J connectivity index is 2.31. The van der Waals surface area contributed by atoms with E-state index in [1.807, 2.05) is 0 Å². The number of nitrogens with zero attached hydrogens (tertiary/aromatic N) is 4. The first kappa shape index (κ1) is 9.91. The van der Waals surface area contributed by atoms with Crippen LogP contribution >= 0.6 is 15.9 Å². The molecule has 0 spiro atoms. The molecule has 0 saturated heterocycles. The highest BCUT2D eigenvalue weighted by Crippen LogP contribution is 2.32. The fourth-order valence-corrected chi connectivity index (χ4v) is 1.43. The Hall–Kier alpha value is -1.63. The standard InChI is InChI=1S/C8H8BrN5O/c1-14-4-12-8(13-14)15-7-5(9)2-11-3-6(7)10/h2-4H,10H2,1H3. The quantitative estimate of drug-likeness (QED) is 0.890. The zero-order valence-corrected chi connectivity index (χ0v) is 9.47. The van der Waals surface area contributed by atoms with E-state index in [1.54, 1.807) is 24.3 Å². The second-order valence-corrected chi connectivity index (χ2v) is 3.70. The van der Waals surface area contributed by atoms with E-state index in [2.05, 4.69) is 31.0 Å². The van der Waals surface area contributed by atoms with E-state index in [0.717, 1.165) is 0 Å². The summed E-state index contributed by atoms with van der Waals surface area (Å²) in [6.45, 7) is 0. The third-order valence-corrected chi connectivity index (χ3v) is 2.22. The van der Waals surface area contributed by atoms with Crippen molar-refractivity contribution < 1.29 is 4.74 Å². The predicted molar refractivity (Wildman–Crippen MR) is 57.4 cm³/mol. The number of aryl methyl sites for hydroxylation is 1. The molecule has 0 saturated carbocycles. The van der Waals surface area contributed by atoms with Crippen molar-refractivity contribution in [3.63, 3.8) is 0 Å². The summed E-state index contributed by atoms with van der Waals surface area (Å²) in [6, 6.07) is 0.246. The highest BCUT2D eigenvalue weighted by Gasteiger charge is 2.09. The van der Waals surface area contributed by atoms with Crippen LogP contribution in [0.25, 0.3) is 0 Å². The highest BCUT2D eigenvalue weighted by atomic mass is 79.9. The van der Waals surface area contributed by atoms with Gasteiger partial charge in [-0.05, 0) is 15.9 Å². The Labute approximate surface area is 94.2 Å². The van der Waals surface area contributed by atoms with Crippen LogP contribution in [-0.4, -0.2) is 19.7 Å². The zero-order chi connectivity index (χ0) is 10.8. The van der Waals surface area contributed by atoms with Crippen molar-refractivity contribution in [2.45, 2.75) is 0 Å². The van der Waals surface area contributed by atoms with E-state index in [9.17, 15) is 0 Å². The molecule has 2 aromatic rings. The molecule has 0 aromatic carbocycles. The number of nitrogens with two attached hydrogens (primary N) is 1. The molecule has 2 heterocycles. The van der Waals surface area contributed by atoms with E-state index in [4.69, 9.17) is 10.5 Å². The number of pyridine rings is 1. The van der Waals surface area contributed by atoms with E-state index in [0.29, 0.717) is 15.9 Å². The van der Waals surface area contributed by atoms with Gasteiger partial charge in [-0.25, -0.2) is 0 Å². The Morgan fingerprint density at radius 3 is 2.87 bits per heavy atom. The van der Waals surface area contributed by atoms with Crippen LogP contribution in [0.3, 0.4) is 0 Å². The van der Waals surface area contributed by atoms with Crippen LogP contribution in [0, 0.1) is 0 Å². The van der Waals surface area contributed by atoms with Crippen molar-refractivity contribution in [1.29, 1.82) is 0 Å². The van der Waals surface area contributed by atoms with Crippen LogP contribution in [0.1, 0.15) is 0 Å². The number of ether oxygens (including phenoxy) is 1. The van der Waals surface area contributed by atoms with Crippen LogP contribution in [0.4, 0.5) is 5.69 Å². The molecular weight excluding hydrogens is 262 g/mol. The summed E-state index contributed by atoms with van der Waals surface area (Å²) in [5.41, 5.74) is 6.12. The fraction of sp³-hybridized carbons (Fsp3) is 0.125. The maximum atomic E-state index is 5.70. The lowest BCUT2D eigenvalue weighted by Crippen LogP contribution is -1.96. The van der Waals surface area contributed by atoms with Crippen molar-refractivity contribution in [2.24, 2.45) is 7.05 Å². The van der Waals surface area contributed by atoms with Crippen LogP contribution in [0.2, 0.25) is 0 Å². The summed E-state index contributed by atoms with van der Waals surface area (Å²) in [4.78, 5) is 7.82. The first-order valence-electron chi connectivity index (χ1n) is 4.09. The maximum absolute atomic E-state index is 5.70. The Morgan fingerprint density at radius 1 is 1.47 bits per heavy atom. The van der Waals surface area contributed by atoms with E-state index in [1.165, 1.54) is 6.20 Å². The molecule has 2 rings (SSSR count). The topological polar surface area (TPSA) is 78.9 Å². The minimum atomic E-state index is 0.246. The van der Waals surface area contributed by atoms with Gasteiger partial charge in [0.2, 0.25) is 0 Å². The van der Waals surface area contributed by atoms with E-state index >= 15 is 0 Å². The largest absolute Gasteiger partial charge is 0.420 e. The molecule has 78 valence electrons. The van der Waals surface area contributed by atoms with Gasteiger partial charge in [0.15, 0.2) is 5.75 Å². The van der Waals surface area contributed by atoms with Gasteiger partial charge in [0, 0.05) is 13.2 Å². The predicted octanol–water partition coefficient (Wildman–Crippen LogP) is 1.35. The first-order chi connectivity index (χ1) is 7.16. The van der Waals surface area contributed by atoms with Crippen LogP contribution in [-0.2, 0) is 7.05 Å². The molecule has 0 aliphatic heterocycles. The lowest BCUT2D eigenvalue weighted by molar-refractivity contribution is 0.438. The molecule has 0 radical (unpaired) electrons. The molecule has 15 heavy (non-hydrogen) atoms. The van der Waals surface area contributed by atoms with Crippen molar-refractivity contribution in [2.75, 3.05) is 5.73 Å². The molecule has 0 aliphatic rings. The van der Waals surface area contributed by atoms with Gasteiger partial charge in [-0.1, -0.05) is 0 Å².